The molecule has 3 rings (SSSR count). The summed E-state index contributed by atoms with van der Waals surface area (Å²) in [6.07, 6.45) is 0. The van der Waals surface area contributed by atoms with Gasteiger partial charge in [-0.1, -0.05) is 18.2 Å². The molecule has 6 nitrogen and oxygen atoms in total. The molecule has 0 aliphatic carbocycles. The Kier molecular flexibility index (Phi) is 5.15. The van der Waals surface area contributed by atoms with Crippen LogP contribution in [0.25, 0.3) is 0 Å². The van der Waals surface area contributed by atoms with E-state index in [0.29, 0.717) is 5.56 Å². The molecule has 2 aliphatic heterocycles. The number of carbonyl (C=O) groups is 3. The number of carboxylic acids is 1. The SMILES string of the molecule is CC1(C)S[C@@H]2[C@H](NC(=O)c3ccccc3)C(=O)N2[C@H]1C(=O)[O-].[Na+]. The van der Waals surface area contributed by atoms with Gasteiger partial charge in [-0.2, -0.15) is 0 Å². The molecule has 0 radical (unpaired) electrons. The van der Waals surface area contributed by atoms with Crippen LogP contribution in [0.5, 0.6) is 0 Å². The molecule has 2 amide bonds. The fraction of sp³-hybridized carbons (Fsp3) is 0.400. The molecular weight excluding hydrogens is 327 g/mol. The minimum absolute atomic E-state index is 0. The Labute approximate surface area is 160 Å². The van der Waals surface area contributed by atoms with E-state index in [1.807, 2.05) is 0 Å². The predicted molar refractivity (Wildman–Crippen MR) is 78.8 cm³/mol. The van der Waals surface area contributed by atoms with Crippen LogP contribution < -0.4 is 40.0 Å². The summed E-state index contributed by atoms with van der Waals surface area (Å²) >= 11 is 1.37. The average molecular weight is 342 g/mol. The number of amides is 2. The zero-order valence-electron chi connectivity index (χ0n) is 13.1. The molecule has 2 aliphatic rings. The zero-order chi connectivity index (χ0) is 16.1. The number of fused-ring (bicyclic) bond motifs is 1. The maximum atomic E-state index is 12.2. The third kappa shape index (κ3) is 3.03. The van der Waals surface area contributed by atoms with E-state index >= 15 is 0 Å². The largest absolute Gasteiger partial charge is 1.00 e. The molecule has 0 aromatic heterocycles. The Morgan fingerprint density at radius 1 is 1.26 bits per heavy atom. The van der Waals surface area contributed by atoms with Gasteiger partial charge in [-0.05, 0) is 26.0 Å². The number of carbonyl (C=O) groups excluding carboxylic acids is 3. The topological polar surface area (TPSA) is 89.5 Å². The Morgan fingerprint density at radius 3 is 2.43 bits per heavy atom. The van der Waals surface area contributed by atoms with Gasteiger partial charge in [-0.3, -0.25) is 9.59 Å². The summed E-state index contributed by atoms with van der Waals surface area (Å²) in [5, 5.41) is 13.6. The van der Waals surface area contributed by atoms with Gasteiger partial charge < -0.3 is 20.1 Å². The summed E-state index contributed by atoms with van der Waals surface area (Å²) in [5.41, 5.74) is 0.465. The first-order valence-corrected chi connectivity index (χ1v) is 7.77. The molecule has 8 heteroatoms. The Bertz CT molecular complexity index is 652. The van der Waals surface area contributed by atoms with Crippen molar-refractivity contribution in [2.24, 2.45) is 0 Å². The van der Waals surface area contributed by atoms with Crippen LogP contribution >= 0.6 is 11.8 Å². The molecule has 0 unspecified atom stereocenters. The molecule has 1 N–H and O–H groups in total. The van der Waals surface area contributed by atoms with E-state index in [2.05, 4.69) is 5.32 Å². The van der Waals surface area contributed by atoms with Crippen LogP contribution in [0.1, 0.15) is 24.2 Å². The zero-order valence-corrected chi connectivity index (χ0v) is 15.9. The van der Waals surface area contributed by atoms with E-state index in [1.54, 1.807) is 44.2 Å². The molecule has 3 atom stereocenters. The van der Waals surface area contributed by atoms with Gasteiger partial charge in [0.15, 0.2) is 0 Å². The van der Waals surface area contributed by atoms with Gasteiger partial charge in [-0.15, -0.1) is 11.8 Å². The fourth-order valence-corrected chi connectivity index (χ4v) is 4.56. The van der Waals surface area contributed by atoms with Crippen molar-refractivity contribution in [1.29, 1.82) is 0 Å². The molecule has 0 saturated carbocycles. The van der Waals surface area contributed by atoms with E-state index in [9.17, 15) is 19.5 Å². The number of hydrogen-bond donors (Lipinski definition) is 1. The minimum atomic E-state index is -1.26. The van der Waals surface area contributed by atoms with E-state index in [0.717, 1.165) is 0 Å². The van der Waals surface area contributed by atoms with Gasteiger partial charge in [0, 0.05) is 10.3 Å². The van der Waals surface area contributed by atoms with Gasteiger partial charge in [0.1, 0.15) is 11.4 Å². The molecule has 1 aromatic carbocycles. The van der Waals surface area contributed by atoms with Crippen LogP contribution in [-0.2, 0) is 9.59 Å². The molecule has 116 valence electrons. The molecule has 1 aromatic rings. The predicted octanol–water partition coefficient (Wildman–Crippen LogP) is -3.40. The summed E-state index contributed by atoms with van der Waals surface area (Å²) in [7, 11) is 0. The number of hydrogen-bond acceptors (Lipinski definition) is 5. The molecular formula is C15H15N2NaO4S. The number of carboxylic acid groups (broad SMARTS) is 1. The van der Waals surface area contributed by atoms with Gasteiger partial charge in [0.25, 0.3) is 5.91 Å². The first-order chi connectivity index (χ1) is 10.3. The third-order valence-corrected chi connectivity index (χ3v) is 5.56. The number of thioether (sulfide) groups is 1. The van der Waals surface area contributed by atoms with Crippen LogP contribution in [0, 0.1) is 0 Å². The van der Waals surface area contributed by atoms with Gasteiger partial charge in [0.05, 0.1) is 12.0 Å². The summed E-state index contributed by atoms with van der Waals surface area (Å²) in [5.74, 6) is -1.98. The number of benzene rings is 1. The van der Waals surface area contributed by atoms with E-state index < -0.39 is 22.8 Å². The van der Waals surface area contributed by atoms with Crippen molar-refractivity contribution in [3.63, 3.8) is 0 Å². The van der Waals surface area contributed by atoms with Crippen LogP contribution in [0.2, 0.25) is 0 Å². The van der Waals surface area contributed by atoms with Crippen molar-refractivity contribution in [3.8, 4) is 0 Å². The molecule has 2 heterocycles. The second-order valence-electron chi connectivity index (χ2n) is 5.90. The van der Waals surface area contributed by atoms with Crippen molar-refractivity contribution < 1.29 is 49.0 Å². The first-order valence-electron chi connectivity index (χ1n) is 6.90. The van der Waals surface area contributed by atoms with Gasteiger partial charge in [0.2, 0.25) is 5.91 Å². The summed E-state index contributed by atoms with van der Waals surface area (Å²) in [4.78, 5) is 37.0. The number of nitrogens with zero attached hydrogens (tertiary/aromatic N) is 1. The normalized spacial score (nSPS) is 27.5. The quantitative estimate of drug-likeness (QED) is 0.457. The van der Waals surface area contributed by atoms with Gasteiger partial charge in [-0.25, -0.2) is 0 Å². The molecule has 0 spiro atoms. The van der Waals surface area contributed by atoms with Crippen molar-refractivity contribution in [2.45, 2.75) is 36.1 Å². The van der Waals surface area contributed by atoms with Crippen molar-refractivity contribution in [1.82, 2.24) is 10.2 Å². The van der Waals surface area contributed by atoms with Gasteiger partial charge >= 0.3 is 29.6 Å². The van der Waals surface area contributed by atoms with Crippen molar-refractivity contribution in [3.05, 3.63) is 35.9 Å². The van der Waals surface area contributed by atoms with Crippen LogP contribution in [0.4, 0.5) is 0 Å². The standard InChI is InChI=1S/C15H16N2O4S.Na/c1-15(2)10(14(20)21)17-12(19)9(13(17)22-15)16-11(18)8-6-4-3-5-7-8;/h3-7,9-10,13H,1-2H3,(H,16,18)(H,20,21);/q;+1/p-1/t9-,10+,13-;/m1./s1. The number of β-lactam (4-membered cyclic amide) rings is 1. The van der Waals surface area contributed by atoms with Crippen molar-refractivity contribution in [2.75, 3.05) is 0 Å². The monoisotopic (exact) mass is 342 g/mol. The number of rotatable bonds is 3. The Balaban J connectivity index is 0.00000192. The second-order valence-corrected chi connectivity index (χ2v) is 7.67. The van der Waals surface area contributed by atoms with Crippen LogP contribution in [0.15, 0.2) is 30.3 Å². The molecule has 2 saturated heterocycles. The Hall–Kier alpha value is -1.02. The third-order valence-electron chi connectivity index (χ3n) is 3.99. The van der Waals surface area contributed by atoms with E-state index in [-0.39, 0.29) is 46.7 Å². The summed E-state index contributed by atoms with van der Waals surface area (Å²) in [6, 6.07) is 6.93. The minimum Gasteiger partial charge on any atom is -0.548 e. The second kappa shape index (κ2) is 6.47. The maximum Gasteiger partial charge on any atom is 1.00 e. The summed E-state index contributed by atoms with van der Waals surface area (Å²) in [6.45, 7) is 3.53. The van der Waals surface area contributed by atoms with Crippen molar-refractivity contribution >= 4 is 29.5 Å². The fourth-order valence-electron chi connectivity index (χ4n) is 2.94. The van der Waals surface area contributed by atoms with Crippen LogP contribution in [-0.4, -0.2) is 44.9 Å². The number of aliphatic carboxylic acids is 1. The number of nitrogens with one attached hydrogen (secondary N) is 1. The average Bonchev–Trinajstić information content (AvgIpc) is 2.74. The maximum absolute atomic E-state index is 12.2. The smallest absolute Gasteiger partial charge is 0.548 e. The molecule has 0 bridgehead atoms. The van der Waals surface area contributed by atoms with E-state index in [1.165, 1.54) is 16.7 Å². The van der Waals surface area contributed by atoms with Crippen LogP contribution in [0.3, 0.4) is 0 Å². The Morgan fingerprint density at radius 2 is 1.87 bits per heavy atom. The first kappa shape index (κ1) is 18.3. The summed E-state index contributed by atoms with van der Waals surface area (Å²) < 4.78 is -0.647. The van der Waals surface area contributed by atoms with E-state index in [4.69, 9.17) is 0 Å². The molecule has 23 heavy (non-hydrogen) atoms. The molecule has 2 fully saturated rings.